The van der Waals surface area contributed by atoms with Gasteiger partial charge in [-0.05, 0) is 49.4 Å². The van der Waals surface area contributed by atoms with Crippen LogP contribution in [-0.2, 0) is 0 Å². The second kappa shape index (κ2) is 6.38. The van der Waals surface area contributed by atoms with Crippen molar-refractivity contribution in [1.29, 1.82) is 0 Å². The second-order valence-electron chi connectivity index (χ2n) is 8.08. The highest BCUT2D eigenvalue weighted by atomic mass is 16.3. The average molecular weight is 387 g/mol. The number of phenols is 1. The molecule has 29 heavy (non-hydrogen) atoms. The number of hydrogen-bond acceptors (Lipinski definition) is 6. The first-order valence-electron chi connectivity index (χ1n) is 10.0. The zero-order chi connectivity index (χ0) is 19.4. The number of benzene rings is 1. The molecule has 2 saturated heterocycles. The van der Waals surface area contributed by atoms with E-state index in [1.54, 1.807) is 18.5 Å². The number of piperidine rings is 1. The molecule has 1 aromatic carbocycles. The van der Waals surface area contributed by atoms with E-state index in [0.717, 1.165) is 35.0 Å². The van der Waals surface area contributed by atoms with Gasteiger partial charge in [-0.3, -0.25) is 5.10 Å². The predicted octanol–water partition coefficient (Wildman–Crippen LogP) is 3.04. The van der Waals surface area contributed by atoms with E-state index < -0.39 is 0 Å². The smallest absolute Gasteiger partial charge is 0.180 e. The largest absolute Gasteiger partial charge is 0.507 e. The van der Waals surface area contributed by atoms with Gasteiger partial charge in [0.05, 0.1) is 24.1 Å². The molecule has 146 valence electrons. The van der Waals surface area contributed by atoms with Gasteiger partial charge in [0.1, 0.15) is 5.75 Å². The normalized spacial score (nSPS) is 23.7. The summed E-state index contributed by atoms with van der Waals surface area (Å²) in [5.74, 6) is 0.166. The number of aromatic hydroxyl groups is 1. The van der Waals surface area contributed by atoms with Crippen molar-refractivity contribution in [3.63, 3.8) is 0 Å². The number of aromatic nitrogens is 6. The molecule has 3 aromatic heterocycles. The predicted molar refractivity (Wildman–Crippen MR) is 108 cm³/mol. The fourth-order valence-corrected chi connectivity index (χ4v) is 4.81. The van der Waals surface area contributed by atoms with E-state index in [1.807, 2.05) is 29.1 Å². The van der Waals surface area contributed by atoms with Crippen LogP contribution in [0.25, 0.3) is 33.4 Å². The Morgan fingerprint density at radius 3 is 2.62 bits per heavy atom. The van der Waals surface area contributed by atoms with E-state index in [9.17, 15) is 5.11 Å². The molecule has 6 rings (SSSR count). The Kier molecular flexibility index (Phi) is 3.67. The van der Waals surface area contributed by atoms with Crippen molar-refractivity contribution in [2.45, 2.75) is 43.8 Å². The van der Waals surface area contributed by atoms with Crippen molar-refractivity contribution in [2.75, 3.05) is 0 Å². The number of phenolic OH excluding ortho intramolecular Hbond substituents is 1. The lowest BCUT2D eigenvalue weighted by molar-refractivity contribution is 0.286. The van der Waals surface area contributed by atoms with E-state index in [1.165, 1.54) is 12.8 Å². The lowest BCUT2D eigenvalue weighted by atomic mass is 10.00. The molecule has 0 unspecified atom stereocenters. The first-order valence-corrected chi connectivity index (χ1v) is 10.0. The monoisotopic (exact) mass is 387 g/mol. The van der Waals surface area contributed by atoms with E-state index >= 15 is 0 Å². The van der Waals surface area contributed by atoms with Gasteiger partial charge in [-0.1, -0.05) is 6.07 Å². The molecule has 2 bridgehead atoms. The van der Waals surface area contributed by atoms with E-state index in [-0.39, 0.29) is 5.75 Å². The highest BCUT2D eigenvalue weighted by molar-refractivity contribution is 5.81. The highest BCUT2D eigenvalue weighted by Crippen LogP contribution is 2.36. The maximum atomic E-state index is 10.6. The molecule has 4 aromatic rings. The molecule has 0 radical (unpaired) electrons. The zero-order valence-corrected chi connectivity index (χ0v) is 15.8. The van der Waals surface area contributed by atoms with Crippen molar-refractivity contribution in [3.05, 3.63) is 42.9 Å². The van der Waals surface area contributed by atoms with E-state index in [4.69, 9.17) is 0 Å². The van der Waals surface area contributed by atoms with Gasteiger partial charge in [0.25, 0.3) is 0 Å². The molecule has 0 saturated carbocycles. The molecule has 2 aliphatic heterocycles. The maximum Gasteiger partial charge on any atom is 0.180 e. The van der Waals surface area contributed by atoms with Crippen LogP contribution >= 0.6 is 0 Å². The maximum absolute atomic E-state index is 10.6. The van der Waals surface area contributed by atoms with Crippen molar-refractivity contribution < 1.29 is 5.11 Å². The van der Waals surface area contributed by atoms with Gasteiger partial charge >= 0.3 is 0 Å². The number of nitrogens with zero attached hydrogens (tertiary/aromatic N) is 5. The number of fused-ring (bicyclic) bond motifs is 3. The summed E-state index contributed by atoms with van der Waals surface area (Å²) in [7, 11) is 0. The van der Waals surface area contributed by atoms with Gasteiger partial charge in [0, 0.05) is 34.8 Å². The number of hydrogen-bond donors (Lipinski definition) is 3. The van der Waals surface area contributed by atoms with Crippen LogP contribution in [0, 0.1) is 0 Å². The van der Waals surface area contributed by atoms with Gasteiger partial charge in [0.15, 0.2) is 5.65 Å². The van der Waals surface area contributed by atoms with Crippen LogP contribution in [0.3, 0.4) is 0 Å². The topological polar surface area (TPSA) is 105 Å². The van der Waals surface area contributed by atoms with Crippen molar-refractivity contribution in [2.24, 2.45) is 0 Å². The summed E-state index contributed by atoms with van der Waals surface area (Å²) in [6.07, 6.45) is 10.1. The highest BCUT2D eigenvalue weighted by Gasteiger charge is 2.35. The molecular formula is C21H21N7O. The lowest BCUT2D eigenvalue weighted by Gasteiger charge is -2.29. The summed E-state index contributed by atoms with van der Waals surface area (Å²) in [6.45, 7) is 0. The second-order valence-corrected chi connectivity index (χ2v) is 8.08. The molecule has 2 fully saturated rings. The van der Waals surface area contributed by atoms with Crippen LogP contribution in [0.2, 0.25) is 0 Å². The molecule has 3 atom stereocenters. The number of nitrogens with one attached hydrogen (secondary N) is 2. The Balaban J connectivity index is 1.34. The van der Waals surface area contributed by atoms with E-state index in [2.05, 4.69) is 30.8 Å². The summed E-state index contributed by atoms with van der Waals surface area (Å²) < 4.78 is 2.04. The van der Waals surface area contributed by atoms with Crippen LogP contribution in [0.4, 0.5) is 0 Å². The molecule has 8 nitrogen and oxygen atoms in total. The fraction of sp³-hybridized carbons (Fsp3) is 0.333. The first kappa shape index (κ1) is 16.7. The van der Waals surface area contributed by atoms with Crippen LogP contribution < -0.4 is 5.32 Å². The molecule has 3 N–H and O–H groups in total. The van der Waals surface area contributed by atoms with Gasteiger partial charge in [-0.2, -0.15) is 10.2 Å². The molecule has 5 heterocycles. The van der Waals surface area contributed by atoms with E-state index in [0.29, 0.717) is 29.4 Å². The van der Waals surface area contributed by atoms with Crippen LogP contribution in [0.15, 0.2) is 42.9 Å². The average Bonchev–Trinajstić information content (AvgIpc) is 3.47. The number of H-pyrrole nitrogens is 1. The first-order chi connectivity index (χ1) is 14.2. The lowest BCUT2D eigenvalue weighted by Crippen LogP contribution is -2.39. The minimum absolute atomic E-state index is 0.166. The third-order valence-electron chi connectivity index (χ3n) is 6.24. The van der Waals surface area contributed by atoms with Gasteiger partial charge in [-0.15, -0.1) is 10.2 Å². The van der Waals surface area contributed by atoms with Crippen molar-refractivity contribution in [1.82, 2.24) is 35.5 Å². The van der Waals surface area contributed by atoms with Gasteiger partial charge in [-0.25, -0.2) is 4.68 Å². The summed E-state index contributed by atoms with van der Waals surface area (Å²) in [5, 5.41) is 35.4. The number of rotatable bonds is 3. The summed E-state index contributed by atoms with van der Waals surface area (Å²) >= 11 is 0. The molecule has 0 aliphatic carbocycles. The van der Waals surface area contributed by atoms with Gasteiger partial charge in [0.2, 0.25) is 0 Å². The Hall–Kier alpha value is -3.26. The number of aromatic amines is 1. The molecular weight excluding hydrogens is 366 g/mol. The summed E-state index contributed by atoms with van der Waals surface area (Å²) in [5.41, 5.74) is 3.92. The molecule has 0 spiro atoms. The Morgan fingerprint density at radius 2 is 1.86 bits per heavy atom. The quantitative estimate of drug-likeness (QED) is 0.499. The van der Waals surface area contributed by atoms with Crippen molar-refractivity contribution >= 4 is 11.0 Å². The third kappa shape index (κ3) is 2.79. The van der Waals surface area contributed by atoms with Crippen LogP contribution in [0.1, 0.15) is 31.7 Å². The summed E-state index contributed by atoms with van der Waals surface area (Å²) in [6, 6.07) is 9.04. The fourth-order valence-electron chi connectivity index (χ4n) is 4.81. The molecule has 0 amide bonds. The zero-order valence-electron chi connectivity index (χ0n) is 15.8. The third-order valence-corrected chi connectivity index (χ3v) is 6.24. The van der Waals surface area contributed by atoms with Crippen LogP contribution in [0.5, 0.6) is 5.75 Å². The van der Waals surface area contributed by atoms with Crippen molar-refractivity contribution in [3.8, 4) is 28.1 Å². The van der Waals surface area contributed by atoms with Gasteiger partial charge < -0.3 is 10.4 Å². The Labute approximate surface area is 167 Å². The standard InChI is InChI=1S/C21H21N7O/c29-20-6-12(14-9-22-23-10-14)1-4-18(20)19-5-13-11-24-28(21(13)27-26-19)17-7-15-2-3-16(8-17)25-15/h1,4-6,9-11,15-17,25,29H,2-3,7-8H2,(H,22,23)/t15-,16+,17-. The minimum atomic E-state index is 0.166. The summed E-state index contributed by atoms with van der Waals surface area (Å²) in [4.78, 5) is 0. The molecule has 8 heteroatoms. The minimum Gasteiger partial charge on any atom is -0.507 e. The SMILES string of the molecule is Oc1cc(-c2cn[nH]c2)ccc1-c1cc2cnn([C@@H]3C[C@H]4CC[C@@H](C3)N4)c2nn1. The van der Waals surface area contributed by atoms with Crippen LogP contribution in [-0.4, -0.2) is 47.4 Å². The molecule has 2 aliphatic rings. The Morgan fingerprint density at radius 1 is 1.00 bits per heavy atom. The Bertz CT molecular complexity index is 1170.